The monoisotopic (exact) mass is 345 g/mol. The van der Waals surface area contributed by atoms with Crippen LogP contribution in [-0.2, 0) is 19.3 Å². The van der Waals surface area contributed by atoms with Crippen LogP contribution in [0, 0.1) is 0 Å². The van der Waals surface area contributed by atoms with Gasteiger partial charge in [-0.2, -0.15) is 0 Å². The molecule has 0 aromatic heterocycles. The van der Waals surface area contributed by atoms with Crippen molar-refractivity contribution in [1.82, 2.24) is 0 Å². The Bertz CT molecular complexity index is 614. The maximum absolute atomic E-state index is 11.7. The molecule has 0 aliphatic carbocycles. The molecule has 130 valence electrons. The third-order valence-corrected chi connectivity index (χ3v) is 4.87. The molecular weight excluding hydrogens is 322 g/mol. The summed E-state index contributed by atoms with van der Waals surface area (Å²) in [7, 11) is 1.12. The first kappa shape index (κ1) is 19.2. The fraction of sp³-hybridized carbons (Fsp3) is 0.533. The minimum absolute atomic E-state index is 0.0185. The van der Waals surface area contributed by atoms with Crippen LogP contribution in [0.2, 0.25) is 0 Å². The van der Waals surface area contributed by atoms with Crippen LogP contribution in [0.3, 0.4) is 0 Å². The first-order valence-electron chi connectivity index (χ1n) is 7.13. The van der Waals surface area contributed by atoms with Gasteiger partial charge >= 0.3 is 5.97 Å². The summed E-state index contributed by atoms with van der Waals surface area (Å²) in [6.07, 6.45) is 0.442. The van der Waals surface area contributed by atoms with E-state index in [2.05, 4.69) is 5.32 Å². The van der Waals surface area contributed by atoms with E-state index in [9.17, 15) is 13.2 Å². The normalized spacial score (nSPS) is 11.1. The number of hydrogen-bond acceptors (Lipinski definition) is 7. The van der Waals surface area contributed by atoms with Crippen LogP contribution >= 0.6 is 0 Å². The number of para-hydroxylation sites is 1. The number of benzene rings is 1. The number of methoxy groups -OCH3 is 3. The highest BCUT2D eigenvalue weighted by atomic mass is 32.2. The van der Waals surface area contributed by atoms with Crippen molar-refractivity contribution in [3.05, 3.63) is 23.8 Å². The molecule has 1 aromatic rings. The lowest BCUT2D eigenvalue weighted by molar-refractivity contribution is 0.0597. The zero-order chi connectivity index (χ0) is 17.3. The third kappa shape index (κ3) is 6.07. The Kier molecular flexibility index (Phi) is 7.84. The van der Waals surface area contributed by atoms with E-state index in [1.165, 1.54) is 21.3 Å². The second-order valence-corrected chi connectivity index (χ2v) is 7.11. The van der Waals surface area contributed by atoms with Crippen molar-refractivity contribution in [2.24, 2.45) is 0 Å². The number of nitrogens with one attached hydrogen (secondary N) is 1. The molecule has 0 saturated heterocycles. The Morgan fingerprint density at radius 1 is 1.17 bits per heavy atom. The van der Waals surface area contributed by atoms with Gasteiger partial charge in [0, 0.05) is 13.7 Å². The highest BCUT2D eigenvalue weighted by Gasteiger charge is 2.16. The second kappa shape index (κ2) is 9.36. The van der Waals surface area contributed by atoms with E-state index in [4.69, 9.17) is 14.2 Å². The molecule has 0 atom stereocenters. The summed E-state index contributed by atoms with van der Waals surface area (Å²) in [6, 6.07) is 5.06. The number of sulfone groups is 1. The Balaban J connectivity index is 2.63. The number of anilines is 1. The zero-order valence-electron chi connectivity index (χ0n) is 13.6. The molecule has 0 aliphatic rings. The number of hydrogen-bond donors (Lipinski definition) is 1. The van der Waals surface area contributed by atoms with Gasteiger partial charge in [-0.05, 0) is 18.6 Å². The number of ether oxygens (including phenoxy) is 3. The van der Waals surface area contributed by atoms with Crippen molar-refractivity contribution in [2.45, 2.75) is 6.42 Å². The smallest absolute Gasteiger partial charge is 0.341 e. The average Bonchev–Trinajstić information content (AvgIpc) is 2.55. The van der Waals surface area contributed by atoms with Crippen LogP contribution in [0.5, 0.6) is 5.75 Å². The van der Waals surface area contributed by atoms with Gasteiger partial charge in [0.25, 0.3) is 0 Å². The molecule has 0 bridgehead atoms. The molecule has 1 N–H and O–H groups in total. The van der Waals surface area contributed by atoms with Crippen LogP contribution in [0.25, 0.3) is 0 Å². The lowest BCUT2D eigenvalue weighted by atomic mass is 10.1. The maximum atomic E-state index is 11.7. The minimum atomic E-state index is -3.11. The van der Waals surface area contributed by atoms with Gasteiger partial charge in [0.2, 0.25) is 0 Å². The summed E-state index contributed by atoms with van der Waals surface area (Å²) in [5.41, 5.74) is 0.928. The fourth-order valence-corrected chi connectivity index (χ4v) is 3.20. The van der Waals surface area contributed by atoms with E-state index in [0.29, 0.717) is 30.0 Å². The van der Waals surface area contributed by atoms with Crippen LogP contribution in [-0.4, -0.2) is 60.4 Å². The molecule has 0 unspecified atom stereocenters. The number of carbonyl (C=O) groups excluding carboxylic acids is 1. The molecule has 0 heterocycles. The molecule has 0 amide bonds. The minimum Gasteiger partial charge on any atom is -0.494 e. The standard InChI is InChI=1S/C15H23NO6S/c1-20-9-11-23(18,19)10-5-8-16-13-7-4-6-12(14(13)21-2)15(17)22-3/h4,6-7,16H,5,8-11H2,1-3H3. The number of esters is 1. The topological polar surface area (TPSA) is 90.9 Å². The molecule has 0 fully saturated rings. The summed E-state index contributed by atoms with van der Waals surface area (Å²) >= 11 is 0. The van der Waals surface area contributed by atoms with Gasteiger partial charge < -0.3 is 19.5 Å². The molecule has 0 spiro atoms. The summed E-state index contributed by atoms with van der Waals surface area (Å²) < 4.78 is 38.2. The largest absolute Gasteiger partial charge is 0.494 e. The van der Waals surface area contributed by atoms with Gasteiger partial charge in [0.15, 0.2) is 15.6 Å². The number of carbonyl (C=O) groups is 1. The van der Waals surface area contributed by atoms with Crippen molar-refractivity contribution < 1.29 is 27.4 Å². The fourth-order valence-electron chi connectivity index (χ4n) is 1.99. The van der Waals surface area contributed by atoms with E-state index in [0.717, 1.165) is 0 Å². The second-order valence-electron chi connectivity index (χ2n) is 4.80. The van der Waals surface area contributed by atoms with E-state index < -0.39 is 15.8 Å². The quantitative estimate of drug-likeness (QED) is 0.505. The Hall–Kier alpha value is -1.80. The molecular formula is C15H23NO6S. The first-order chi connectivity index (χ1) is 10.9. The van der Waals surface area contributed by atoms with Crippen LogP contribution < -0.4 is 10.1 Å². The average molecular weight is 345 g/mol. The Labute approximate surface area is 136 Å². The van der Waals surface area contributed by atoms with Crippen LogP contribution in [0.1, 0.15) is 16.8 Å². The maximum Gasteiger partial charge on any atom is 0.341 e. The first-order valence-corrected chi connectivity index (χ1v) is 8.96. The molecule has 23 heavy (non-hydrogen) atoms. The zero-order valence-corrected chi connectivity index (χ0v) is 14.4. The Morgan fingerprint density at radius 2 is 1.91 bits per heavy atom. The molecule has 8 heteroatoms. The lowest BCUT2D eigenvalue weighted by Gasteiger charge is -2.14. The van der Waals surface area contributed by atoms with Crippen molar-refractivity contribution in [2.75, 3.05) is 51.3 Å². The van der Waals surface area contributed by atoms with Gasteiger partial charge in [-0.1, -0.05) is 6.07 Å². The molecule has 7 nitrogen and oxygen atoms in total. The molecule has 0 aliphatic heterocycles. The molecule has 1 rings (SSSR count). The van der Waals surface area contributed by atoms with E-state index in [-0.39, 0.29) is 18.1 Å². The molecule has 0 radical (unpaired) electrons. The van der Waals surface area contributed by atoms with Crippen molar-refractivity contribution in [1.29, 1.82) is 0 Å². The number of rotatable bonds is 10. The van der Waals surface area contributed by atoms with Gasteiger partial charge in [-0.25, -0.2) is 13.2 Å². The molecule has 1 aromatic carbocycles. The third-order valence-electron chi connectivity index (χ3n) is 3.17. The van der Waals surface area contributed by atoms with E-state index in [1.54, 1.807) is 18.2 Å². The van der Waals surface area contributed by atoms with E-state index >= 15 is 0 Å². The van der Waals surface area contributed by atoms with Crippen molar-refractivity contribution >= 4 is 21.5 Å². The summed E-state index contributed by atoms with van der Waals surface area (Å²) in [5, 5.41) is 3.08. The van der Waals surface area contributed by atoms with Crippen molar-refractivity contribution in [3.63, 3.8) is 0 Å². The highest BCUT2D eigenvalue weighted by Crippen LogP contribution is 2.29. The van der Waals surface area contributed by atoms with Gasteiger partial charge in [-0.3, -0.25) is 0 Å². The Morgan fingerprint density at radius 3 is 2.52 bits per heavy atom. The summed E-state index contributed by atoms with van der Waals surface area (Å²) in [6.45, 7) is 0.637. The van der Waals surface area contributed by atoms with Gasteiger partial charge in [0.05, 0.1) is 38.0 Å². The van der Waals surface area contributed by atoms with Crippen LogP contribution in [0.15, 0.2) is 18.2 Å². The van der Waals surface area contributed by atoms with Gasteiger partial charge in [-0.15, -0.1) is 0 Å². The SMILES string of the molecule is COCCS(=O)(=O)CCCNc1cccc(C(=O)OC)c1OC. The summed E-state index contributed by atoms with van der Waals surface area (Å²) in [4.78, 5) is 11.7. The highest BCUT2D eigenvalue weighted by molar-refractivity contribution is 7.91. The van der Waals surface area contributed by atoms with Crippen LogP contribution in [0.4, 0.5) is 5.69 Å². The molecule has 0 saturated carbocycles. The lowest BCUT2D eigenvalue weighted by Crippen LogP contribution is -2.17. The predicted molar refractivity (Wildman–Crippen MR) is 88.0 cm³/mol. The summed E-state index contributed by atoms with van der Waals surface area (Å²) in [5.74, 6) is -0.0262. The van der Waals surface area contributed by atoms with Crippen molar-refractivity contribution in [3.8, 4) is 5.75 Å². The predicted octanol–water partition coefficient (Wildman–Crippen LogP) is 1.34. The van der Waals surface area contributed by atoms with E-state index in [1.807, 2.05) is 0 Å². The van der Waals surface area contributed by atoms with Gasteiger partial charge in [0.1, 0.15) is 5.56 Å².